The van der Waals surface area contributed by atoms with Crippen molar-refractivity contribution < 1.29 is 13.5 Å². The first kappa shape index (κ1) is 14.8. The van der Waals surface area contributed by atoms with Crippen molar-refractivity contribution in [1.82, 2.24) is 5.32 Å². The van der Waals surface area contributed by atoms with E-state index in [9.17, 15) is 8.78 Å². The number of hydrogen-bond acceptors (Lipinski definition) is 3. The summed E-state index contributed by atoms with van der Waals surface area (Å²) in [5, 5.41) is 3.56. The Labute approximate surface area is 116 Å². The van der Waals surface area contributed by atoms with Gasteiger partial charge in [0.25, 0.3) is 0 Å². The van der Waals surface area contributed by atoms with Crippen molar-refractivity contribution in [2.75, 3.05) is 19.7 Å². The van der Waals surface area contributed by atoms with Crippen LogP contribution in [0.1, 0.15) is 19.8 Å². The van der Waals surface area contributed by atoms with Gasteiger partial charge >= 0.3 is 0 Å². The fourth-order valence-corrected chi connectivity index (χ4v) is 3.03. The summed E-state index contributed by atoms with van der Waals surface area (Å²) in [7, 11) is 0. The van der Waals surface area contributed by atoms with Gasteiger partial charge in [-0.25, -0.2) is 8.78 Å². The van der Waals surface area contributed by atoms with Gasteiger partial charge < -0.3 is 10.1 Å². The molecule has 0 aromatic heterocycles. The van der Waals surface area contributed by atoms with E-state index in [0.717, 1.165) is 38.6 Å². The van der Waals surface area contributed by atoms with Crippen LogP contribution in [0.25, 0.3) is 0 Å². The molecule has 2 unspecified atom stereocenters. The summed E-state index contributed by atoms with van der Waals surface area (Å²) in [5.74, 6) is -1.03. The van der Waals surface area contributed by atoms with Gasteiger partial charge in [0, 0.05) is 35.9 Å². The van der Waals surface area contributed by atoms with Gasteiger partial charge in [0.1, 0.15) is 11.6 Å². The minimum Gasteiger partial charge on any atom is -0.377 e. The quantitative estimate of drug-likeness (QED) is 0.812. The molecule has 0 bridgehead atoms. The van der Waals surface area contributed by atoms with Crippen LogP contribution >= 0.6 is 11.8 Å². The molecule has 0 aliphatic carbocycles. The zero-order valence-electron chi connectivity index (χ0n) is 11.0. The molecule has 0 spiro atoms. The zero-order valence-corrected chi connectivity index (χ0v) is 11.8. The number of nitrogens with one attached hydrogen (secondary N) is 1. The predicted molar refractivity (Wildman–Crippen MR) is 73.5 cm³/mol. The monoisotopic (exact) mass is 287 g/mol. The third kappa shape index (κ3) is 4.75. The molecular weight excluding hydrogens is 268 g/mol. The van der Waals surface area contributed by atoms with Crippen LogP contribution in [0.5, 0.6) is 0 Å². The first-order chi connectivity index (χ1) is 9.15. The summed E-state index contributed by atoms with van der Waals surface area (Å²) in [6.07, 6.45) is 2.57. The molecule has 2 rings (SSSR count). The average molecular weight is 287 g/mol. The first-order valence-corrected chi connectivity index (χ1v) is 7.47. The van der Waals surface area contributed by atoms with Crippen LogP contribution in [-0.4, -0.2) is 31.1 Å². The normalized spacial score (nSPS) is 20.7. The van der Waals surface area contributed by atoms with Crippen LogP contribution in [-0.2, 0) is 4.74 Å². The van der Waals surface area contributed by atoms with E-state index in [0.29, 0.717) is 11.0 Å². The summed E-state index contributed by atoms with van der Waals surface area (Å²) in [5.41, 5.74) is 0. The van der Waals surface area contributed by atoms with Crippen LogP contribution < -0.4 is 5.32 Å². The molecule has 5 heteroatoms. The van der Waals surface area contributed by atoms with E-state index in [1.807, 2.05) is 6.92 Å². The van der Waals surface area contributed by atoms with E-state index in [1.54, 1.807) is 0 Å². The summed E-state index contributed by atoms with van der Waals surface area (Å²) in [4.78, 5) is 0.493. The van der Waals surface area contributed by atoms with E-state index in [1.165, 1.54) is 23.9 Å². The third-order valence-electron chi connectivity index (χ3n) is 3.05. The molecule has 1 aromatic rings. The second kappa shape index (κ2) is 7.22. The summed E-state index contributed by atoms with van der Waals surface area (Å²) in [6.45, 7) is 4.51. The second-order valence-electron chi connectivity index (χ2n) is 4.80. The Hall–Kier alpha value is -0.650. The Morgan fingerprint density at radius 2 is 2.32 bits per heavy atom. The summed E-state index contributed by atoms with van der Waals surface area (Å²) in [6, 6.07) is 3.71. The standard InChI is InChI=1S/C14H19F2NOS/c1-10(8-17-9-12-3-2-6-18-12)19-14-5-4-11(15)7-13(14)16/h4-5,7,10,12,17H,2-3,6,8-9H2,1H3. The van der Waals surface area contributed by atoms with E-state index in [2.05, 4.69) is 5.32 Å². The topological polar surface area (TPSA) is 21.3 Å². The van der Waals surface area contributed by atoms with E-state index in [4.69, 9.17) is 4.74 Å². The number of hydrogen-bond donors (Lipinski definition) is 1. The SMILES string of the molecule is CC(CNCC1CCCO1)Sc1ccc(F)cc1F. The molecule has 0 radical (unpaired) electrons. The van der Waals surface area contributed by atoms with E-state index >= 15 is 0 Å². The number of rotatable bonds is 6. The lowest BCUT2D eigenvalue weighted by Crippen LogP contribution is -2.30. The van der Waals surface area contributed by atoms with Gasteiger partial charge in [-0.15, -0.1) is 11.8 Å². The maximum atomic E-state index is 13.5. The van der Waals surface area contributed by atoms with Gasteiger partial charge in [0.15, 0.2) is 0 Å². The molecule has 1 heterocycles. The highest BCUT2D eigenvalue weighted by atomic mass is 32.2. The predicted octanol–water partition coefficient (Wildman–Crippen LogP) is 3.21. The second-order valence-corrected chi connectivity index (χ2v) is 6.28. The van der Waals surface area contributed by atoms with Crippen LogP contribution in [0.3, 0.4) is 0 Å². The molecule has 106 valence electrons. The fourth-order valence-electron chi connectivity index (χ4n) is 2.08. The van der Waals surface area contributed by atoms with Gasteiger partial charge in [-0.05, 0) is 25.0 Å². The molecular formula is C14H19F2NOS. The number of benzene rings is 1. The fraction of sp³-hybridized carbons (Fsp3) is 0.571. The van der Waals surface area contributed by atoms with Crippen LogP contribution in [0.2, 0.25) is 0 Å². The lowest BCUT2D eigenvalue weighted by molar-refractivity contribution is 0.110. The molecule has 0 amide bonds. The number of thioether (sulfide) groups is 1. The smallest absolute Gasteiger partial charge is 0.139 e. The average Bonchev–Trinajstić information content (AvgIpc) is 2.86. The Bertz CT molecular complexity index is 410. The number of halogens is 2. The third-order valence-corrected chi connectivity index (χ3v) is 4.20. The van der Waals surface area contributed by atoms with Crippen molar-refractivity contribution >= 4 is 11.8 Å². The minimum atomic E-state index is -0.536. The van der Waals surface area contributed by atoms with Gasteiger partial charge in [-0.2, -0.15) is 0 Å². The summed E-state index contributed by atoms with van der Waals surface area (Å²) < 4.78 is 31.8. The molecule has 1 N–H and O–H groups in total. The Balaban J connectivity index is 1.72. The maximum absolute atomic E-state index is 13.5. The largest absolute Gasteiger partial charge is 0.377 e. The van der Waals surface area contributed by atoms with Crippen molar-refractivity contribution in [3.63, 3.8) is 0 Å². The molecule has 2 atom stereocenters. The van der Waals surface area contributed by atoms with Crippen molar-refractivity contribution in [3.05, 3.63) is 29.8 Å². The Morgan fingerprint density at radius 1 is 1.47 bits per heavy atom. The molecule has 1 aliphatic heterocycles. The van der Waals surface area contributed by atoms with E-state index in [-0.39, 0.29) is 5.25 Å². The first-order valence-electron chi connectivity index (χ1n) is 6.59. The Morgan fingerprint density at radius 3 is 3.00 bits per heavy atom. The van der Waals surface area contributed by atoms with Crippen molar-refractivity contribution in [1.29, 1.82) is 0 Å². The number of ether oxygens (including phenoxy) is 1. The highest BCUT2D eigenvalue weighted by molar-refractivity contribution is 8.00. The summed E-state index contributed by atoms with van der Waals surface area (Å²) >= 11 is 1.42. The van der Waals surface area contributed by atoms with Crippen molar-refractivity contribution in [2.45, 2.75) is 36.0 Å². The van der Waals surface area contributed by atoms with Crippen LogP contribution in [0.4, 0.5) is 8.78 Å². The van der Waals surface area contributed by atoms with E-state index < -0.39 is 11.6 Å². The lowest BCUT2D eigenvalue weighted by atomic mass is 10.2. The van der Waals surface area contributed by atoms with Gasteiger partial charge in [0.05, 0.1) is 6.10 Å². The maximum Gasteiger partial charge on any atom is 0.139 e. The van der Waals surface area contributed by atoms with Gasteiger partial charge in [-0.1, -0.05) is 6.92 Å². The lowest BCUT2D eigenvalue weighted by Gasteiger charge is -2.15. The molecule has 1 aliphatic rings. The van der Waals surface area contributed by atoms with Gasteiger partial charge in [-0.3, -0.25) is 0 Å². The molecule has 1 aromatic carbocycles. The molecule has 0 saturated carbocycles. The van der Waals surface area contributed by atoms with Crippen LogP contribution in [0.15, 0.2) is 23.1 Å². The minimum absolute atomic E-state index is 0.223. The van der Waals surface area contributed by atoms with Crippen LogP contribution in [0, 0.1) is 11.6 Å². The van der Waals surface area contributed by atoms with Gasteiger partial charge in [0.2, 0.25) is 0 Å². The highest BCUT2D eigenvalue weighted by Crippen LogP contribution is 2.26. The molecule has 2 nitrogen and oxygen atoms in total. The zero-order chi connectivity index (χ0) is 13.7. The van der Waals surface area contributed by atoms with Crippen molar-refractivity contribution in [2.24, 2.45) is 0 Å². The van der Waals surface area contributed by atoms with Crippen molar-refractivity contribution in [3.8, 4) is 0 Å². The Kier molecular flexibility index (Phi) is 5.60. The molecule has 19 heavy (non-hydrogen) atoms. The highest BCUT2D eigenvalue weighted by Gasteiger charge is 2.15. The molecule has 1 fully saturated rings. The molecule has 1 saturated heterocycles.